The first-order valence-electron chi connectivity index (χ1n) is 13.7. The van der Waals surface area contributed by atoms with E-state index in [2.05, 4.69) is 37.4 Å². The molecule has 0 aliphatic carbocycles. The number of esters is 1. The molecule has 1 aliphatic rings. The van der Waals surface area contributed by atoms with Crippen LogP contribution < -0.4 is 16.9 Å². The third-order valence-corrected chi connectivity index (χ3v) is 7.96. The van der Waals surface area contributed by atoms with Gasteiger partial charge >= 0.3 is 18.2 Å². The number of anilines is 1. The fourth-order valence-corrected chi connectivity index (χ4v) is 5.55. The van der Waals surface area contributed by atoms with E-state index in [1.165, 1.54) is 19.1 Å². The van der Waals surface area contributed by atoms with Crippen molar-refractivity contribution in [3.8, 4) is 6.07 Å². The number of carbonyl (C=O) groups excluding carboxylic acids is 2. The molecule has 2 aromatic rings. The highest BCUT2D eigenvalue weighted by atomic mass is 19.4. The second kappa shape index (κ2) is 13.5. The molecule has 1 heterocycles. The van der Waals surface area contributed by atoms with Crippen molar-refractivity contribution in [3.05, 3.63) is 76.0 Å². The molecule has 2 aromatic carbocycles. The minimum atomic E-state index is -4.58. The number of primary amides is 1. The summed E-state index contributed by atoms with van der Waals surface area (Å²) in [4.78, 5) is 28.1. The molecular weight excluding hydrogens is 563 g/mol. The maximum atomic E-state index is 13.4. The standard InChI is InChI=1S/C30H38F3N7O3/c1-19(37-23-8-6-7-22(16-23)30(31,32)33)26(28(41)43-5)27(39(36)29(35)42)25-10-9-20(17-34)15-21(25)18-40(3,4)24-11-13-38(2)14-12-24/h6-10,15-16,24,27H,11-14,18,36H2,1-5H3,(H2-,35,37,41,42)/p+1/t27-/m1/s1. The number of alkyl halides is 3. The molecule has 3 rings (SSSR count). The van der Waals surface area contributed by atoms with Crippen LogP contribution >= 0.6 is 0 Å². The van der Waals surface area contributed by atoms with Gasteiger partial charge in [-0.3, -0.25) is 5.01 Å². The van der Waals surface area contributed by atoms with Crippen LogP contribution in [0.4, 0.5) is 23.7 Å². The van der Waals surface area contributed by atoms with Crippen LogP contribution in [0.2, 0.25) is 0 Å². The number of nitrogens with two attached hydrogens (primary N) is 2. The normalized spacial score (nSPS) is 16.1. The Kier molecular flexibility index (Phi) is 10.4. The minimum absolute atomic E-state index is 0.0512. The predicted octanol–water partition coefficient (Wildman–Crippen LogP) is 4.10. The summed E-state index contributed by atoms with van der Waals surface area (Å²) in [5, 5.41) is 13.2. The zero-order valence-corrected chi connectivity index (χ0v) is 25.0. The topological polar surface area (TPSA) is 138 Å². The highest BCUT2D eigenvalue weighted by Crippen LogP contribution is 2.36. The fourth-order valence-electron chi connectivity index (χ4n) is 5.55. The minimum Gasteiger partial charge on any atom is -0.466 e. The second-order valence-electron chi connectivity index (χ2n) is 11.4. The van der Waals surface area contributed by atoms with Gasteiger partial charge in [0.2, 0.25) is 0 Å². The number of halogens is 3. The molecule has 2 amide bonds. The van der Waals surface area contributed by atoms with Crippen molar-refractivity contribution in [3.63, 3.8) is 0 Å². The van der Waals surface area contributed by atoms with Crippen LogP contribution in [0.1, 0.15) is 48.1 Å². The van der Waals surface area contributed by atoms with Crippen molar-refractivity contribution in [1.82, 2.24) is 9.91 Å². The maximum Gasteiger partial charge on any atom is 0.416 e. The largest absolute Gasteiger partial charge is 0.466 e. The highest BCUT2D eigenvalue weighted by molar-refractivity contribution is 5.92. The lowest BCUT2D eigenvalue weighted by Crippen LogP contribution is -2.53. The lowest BCUT2D eigenvalue weighted by atomic mass is 9.90. The van der Waals surface area contributed by atoms with Crippen LogP contribution in [0.15, 0.2) is 53.7 Å². The van der Waals surface area contributed by atoms with Gasteiger partial charge in [-0.15, -0.1) is 0 Å². The monoisotopic (exact) mass is 602 g/mol. The number of ether oxygens (including phenoxy) is 1. The Morgan fingerprint density at radius 1 is 1.21 bits per heavy atom. The SMILES string of the molecule is COC(=O)/C(=C(\C)Nc1cccc(C(F)(F)F)c1)[C@@H](c1ccc(C#N)cc1C[N+](C)(C)C1CCN(C)CC1)N(N)C(N)=O. The van der Waals surface area contributed by atoms with E-state index in [-0.39, 0.29) is 17.0 Å². The summed E-state index contributed by atoms with van der Waals surface area (Å²) in [6, 6.07) is 9.38. The summed E-state index contributed by atoms with van der Waals surface area (Å²) < 4.78 is 45.7. The maximum absolute atomic E-state index is 13.4. The quantitative estimate of drug-likeness (QED) is 0.0981. The van der Waals surface area contributed by atoms with E-state index in [1.54, 1.807) is 18.2 Å². The smallest absolute Gasteiger partial charge is 0.416 e. The molecule has 0 aromatic heterocycles. The van der Waals surface area contributed by atoms with Crippen molar-refractivity contribution in [2.75, 3.05) is 46.7 Å². The molecule has 0 radical (unpaired) electrons. The Morgan fingerprint density at radius 2 is 1.86 bits per heavy atom. The van der Waals surface area contributed by atoms with Crippen LogP contribution in [0.3, 0.4) is 0 Å². The summed E-state index contributed by atoms with van der Waals surface area (Å²) in [6.07, 6.45) is -2.67. The van der Waals surface area contributed by atoms with Crippen molar-refractivity contribution < 1.29 is 32.0 Å². The third kappa shape index (κ3) is 8.04. The number of carbonyl (C=O) groups is 2. The fraction of sp³-hybridized carbons (Fsp3) is 0.433. The molecule has 0 spiro atoms. The lowest BCUT2D eigenvalue weighted by molar-refractivity contribution is -0.929. The van der Waals surface area contributed by atoms with Gasteiger partial charge in [0.25, 0.3) is 0 Å². The summed E-state index contributed by atoms with van der Waals surface area (Å²) in [5.41, 5.74) is 6.17. The van der Waals surface area contributed by atoms with Crippen LogP contribution in [-0.4, -0.2) is 73.8 Å². The number of likely N-dealkylation sites (tertiary alicyclic amines) is 1. The molecule has 43 heavy (non-hydrogen) atoms. The van der Waals surface area contributed by atoms with E-state index in [9.17, 15) is 28.0 Å². The first-order valence-corrected chi connectivity index (χ1v) is 13.7. The van der Waals surface area contributed by atoms with E-state index >= 15 is 0 Å². The Balaban J connectivity index is 2.19. The highest BCUT2D eigenvalue weighted by Gasteiger charge is 2.37. The molecule has 13 heteroatoms. The van der Waals surface area contributed by atoms with Gasteiger partial charge < -0.3 is 25.2 Å². The van der Waals surface area contributed by atoms with Gasteiger partial charge in [-0.25, -0.2) is 15.4 Å². The van der Waals surface area contributed by atoms with Crippen molar-refractivity contribution in [2.24, 2.45) is 11.6 Å². The van der Waals surface area contributed by atoms with Gasteiger partial charge in [-0.1, -0.05) is 12.1 Å². The summed E-state index contributed by atoms with van der Waals surface area (Å²) >= 11 is 0. The summed E-state index contributed by atoms with van der Waals surface area (Å²) in [7, 11) is 7.38. The number of hydrazine groups is 1. The number of benzene rings is 2. The van der Waals surface area contributed by atoms with Gasteiger partial charge in [0, 0.05) is 42.9 Å². The number of amides is 2. The van der Waals surface area contributed by atoms with Crippen LogP contribution in [0.25, 0.3) is 0 Å². The molecule has 1 fully saturated rings. The van der Waals surface area contributed by atoms with Crippen LogP contribution in [0, 0.1) is 11.3 Å². The number of rotatable bonds is 9. The molecule has 232 valence electrons. The molecule has 0 saturated carbocycles. The number of urea groups is 1. The molecule has 1 atom stereocenters. The zero-order valence-electron chi connectivity index (χ0n) is 25.0. The van der Waals surface area contributed by atoms with Gasteiger partial charge in [0.15, 0.2) is 0 Å². The Bertz CT molecular complexity index is 1410. The van der Waals surface area contributed by atoms with Crippen molar-refractivity contribution in [2.45, 2.75) is 44.6 Å². The van der Waals surface area contributed by atoms with E-state index < -0.39 is 29.8 Å². The van der Waals surface area contributed by atoms with Crippen molar-refractivity contribution >= 4 is 17.7 Å². The van der Waals surface area contributed by atoms with Crippen molar-refractivity contribution in [1.29, 1.82) is 5.26 Å². The lowest BCUT2D eigenvalue weighted by Gasteiger charge is -2.43. The summed E-state index contributed by atoms with van der Waals surface area (Å²) in [5.74, 6) is 5.35. The number of hydrogen-bond acceptors (Lipinski definition) is 7. The Hall–Kier alpha value is -4.12. The number of hydrogen-bond donors (Lipinski definition) is 3. The van der Waals surface area contributed by atoms with E-state index in [0.29, 0.717) is 38.8 Å². The molecule has 1 saturated heterocycles. The first kappa shape index (κ1) is 33.4. The number of piperidine rings is 1. The second-order valence-corrected chi connectivity index (χ2v) is 11.4. The average Bonchev–Trinajstić information content (AvgIpc) is 2.95. The number of nitrogens with one attached hydrogen (secondary N) is 1. The molecule has 10 nitrogen and oxygen atoms in total. The Labute approximate surface area is 249 Å². The van der Waals surface area contributed by atoms with Crippen LogP contribution in [-0.2, 0) is 22.3 Å². The molecule has 0 unspecified atom stereocenters. The first-order chi connectivity index (χ1) is 20.1. The molecular formula is C30H39F3N7O3+. The molecule has 0 bridgehead atoms. The Morgan fingerprint density at radius 3 is 2.42 bits per heavy atom. The van der Waals surface area contributed by atoms with E-state index in [0.717, 1.165) is 45.2 Å². The van der Waals surface area contributed by atoms with Crippen LogP contribution in [0.5, 0.6) is 0 Å². The predicted molar refractivity (Wildman–Crippen MR) is 156 cm³/mol. The number of nitrogens with zero attached hydrogens (tertiary/aromatic N) is 4. The number of quaternary nitrogens is 1. The molecule has 5 N–H and O–H groups in total. The average molecular weight is 603 g/mol. The zero-order chi connectivity index (χ0) is 32.1. The van der Waals surface area contributed by atoms with Gasteiger partial charge in [0.1, 0.15) is 12.6 Å². The van der Waals surface area contributed by atoms with E-state index in [1.807, 2.05) is 0 Å². The van der Waals surface area contributed by atoms with E-state index in [4.69, 9.17) is 16.3 Å². The third-order valence-electron chi connectivity index (χ3n) is 7.96. The number of allylic oxidation sites excluding steroid dienone is 1. The van der Waals surface area contributed by atoms with Gasteiger partial charge in [0.05, 0.1) is 50.0 Å². The number of nitriles is 1. The molecule has 1 aliphatic heterocycles. The summed E-state index contributed by atoms with van der Waals surface area (Å²) in [6.45, 7) is 3.77. The van der Waals surface area contributed by atoms with Gasteiger partial charge in [-0.05, 0) is 49.9 Å². The number of methoxy groups -OCH3 is 1. The van der Waals surface area contributed by atoms with Gasteiger partial charge in [-0.2, -0.15) is 18.4 Å².